The Kier molecular flexibility index (Phi) is 5.92. The molecule has 0 spiro atoms. The lowest BCUT2D eigenvalue weighted by Crippen LogP contribution is -2.19. The highest BCUT2D eigenvalue weighted by Crippen LogP contribution is 2.23. The van der Waals surface area contributed by atoms with Gasteiger partial charge in [-0.25, -0.2) is 4.39 Å². The summed E-state index contributed by atoms with van der Waals surface area (Å²) in [5, 5.41) is 18.8. The van der Waals surface area contributed by atoms with Crippen LogP contribution in [0.25, 0.3) is 22.0 Å². The van der Waals surface area contributed by atoms with Crippen LogP contribution in [-0.4, -0.2) is 41.1 Å². The summed E-state index contributed by atoms with van der Waals surface area (Å²) in [6, 6.07) is 14.1. The minimum Gasteiger partial charge on any atom is -0.394 e. The van der Waals surface area contributed by atoms with Crippen LogP contribution >= 0.6 is 0 Å². The lowest BCUT2D eigenvalue weighted by atomic mass is 10.0. The van der Waals surface area contributed by atoms with E-state index in [9.17, 15) is 4.39 Å². The maximum Gasteiger partial charge on any atom is 0.123 e. The average molecular weight is 351 g/mol. The van der Waals surface area contributed by atoms with Gasteiger partial charge in [0, 0.05) is 22.7 Å². The van der Waals surface area contributed by atoms with Gasteiger partial charge in [0.1, 0.15) is 18.5 Å². The fourth-order valence-corrected chi connectivity index (χ4v) is 2.46. The number of pyridine rings is 1. The van der Waals surface area contributed by atoms with Gasteiger partial charge in [-0.3, -0.25) is 4.98 Å². The van der Waals surface area contributed by atoms with Crippen molar-refractivity contribution in [3.8, 4) is 23.0 Å². The van der Waals surface area contributed by atoms with E-state index in [0.29, 0.717) is 0 Å². The average Bonchev–Trinajstić information content (AvgIpc) is 2.67. The van der Waals surface area contributed by atoms with Gasteiger partial charge in [0.05, 0.1) is 18.7 Å². The standard InChI is InChI=1S/C21H18FNO3/c22-19-5-1-4-16(11-19)18-10-17-7-6-15(9-21(17)23-12-18)3-2-8-26-14-20(25)13-24/h1,4-7,9-12,20,24-25H,8,13-14H2/t20-/m0/s1. The molecule has 2 aromatic carbocycles. The summed E-state index contributed by atoms with van der Waals surface area (Å²) in [5.74, 6) is 5.55. The summed E-state index contributed by atoms with van der Waals surface area (Å²) < 4.78 is 18.5. The number of rotatable bonds is 5. The van der Waals surface area contributed by atoms with Crippen LogP contribution in [0.5, 0.6) is 0 Å². The molecular formula is C21H18FNO3. The number of nitrogens with zero attached hydrogens (tertiary/aromatic N) is 1. The molecule has 5 heteroatoms. The van der Waals surface area contributed by atoms with Gasteiger partial charge >= 0.3 is 0 Å². The van der Waals surface area contributed by atoms with Crippen molar-refractivity contribution in [2.45, 2.75) is 6.10 Å². The van der Waals surface area contributed by atoms with Gasteiger partial charge in [-0.1, -0.05) is 30.0 Å². The van der Waals surface area contributed by atoms with Crippen molar-refractivity contribution in [1.82, 2.24) is 4.98 Å². The largest absolute Gasteiger partial charge is 0.394 e. The van der Waals surface area contributed by atoms with Crippen LogP contribution < -0.4 is 0 Å². The van der Waals surface area contributed by atoms with Crippen LogP contribution in [0.15, 0.2) is 54.7 Å². The van der Waals surface area contributed by atoms with Crippen molar-refractivity contribution < 1.29 is 19.3 Å². The second-order valence-corrected chi connectivity index (χ2v) is 5.80. The Morgan fingerprint density at radius 3 is 2.81 bits per heavy atom. The molecule has 1 heterocycles. The van der Waals surface area contributed by atoms with Crippen LogP contribution in [0.1, 0.15) is 5.56 Å². The lowest BCUT2D eigenvalue weighted by molar-refractivity contribution is 0.0164. The predicted octanol–water partition coefficient (Wildman–Crippen LogP) is 2.76. The summed E-state index contributed by atoms with van der Waals surface area (Å²) in [6.45, 7) is -0.115. The topological polar surface area (TPSA) is 62.6 Å². The SMILES string of the molecule is OC[C@H](O)COCC#Cc1ccc2cc(-c3cccc(F)c3)cnc2c1. The molecule has 0 aliphatic heterocycles. The van der Waals surface area contributed by atoms with Crippen LogP contribution in [0.3, 0.4) is 0 Å². The molecule has 0 saturated carbocycles. The highest BCUT2D eigenvalue weighted by Gasteiger charge is 2.03. The Balaban J connectivity index is 1.73. The number of fused-ring (bicyclic) bond motifs is 1. The lowest BCUT2D eigenvalue weighted by Gasteiger charge is -2.05. The normalized spacial score (nSPS) is 11.8. The molecule has 0 unspecified atom stereocenters. The van der Waals surface area contributed by atoms with Gasteiger partial charge in [-0.15, -0.1) is 0 Å². The second kappa shape index (κ2) is 8.54. The van der Waals surface area contributed by atoms with Crippen molar-refractivity contribution in [1.29, 1.82) is 0 Å². The Hall–Kier alpha value is -2.78. The van der Waals surface area contributed by atoms with E-state index in [0.717, 1.165) is 27.6 Å². The first-order valence-electron chi connectivity index (χ1n) is 8.17. The van der Waals surface area contributed by atoms with Gasteiger partial charge < -0.3 is 14.9 Å². The molecule has 26 heavy (non-hydrogen) atoms. The third kappa shape index (κ3) is 4.64. The highest BCUT2D eigenvalue weighted by atomic mass is 19.1. The number of aromatic nitrogens is 1. The predicted molar refractivity (Wildman–Crippen MR) is 97.9 cm³/mol. The van der Waals surface area contributed by atoms with Gasteiger partial charge in [-0.2, -0.15) is 0 Å². The molecule has 0 amide bonds. The van der Waals surface area contributed by atoms with Crippen LogP contribution in [-0.2, 0) is 4.74 Å². The van der Waals surface area contributed by atoms with E-state index in [1.54, 1.807) is 12.3 Å². The van der Waals surface area contributed by atoms with Crippen molar-refractivity contribution in [3.63, 3.8) is 0 Å². The summed E-state index contributed by atoms with van der Waals surface area (Å²) in [6.07, 6.45) is 0.835. The number of benzene rings is 2. The van der Waals surface area contributed by atoms with E-state index in [-0.39, 0.29) is 25.6 Å². The van der Waals surface area contributed by atoms with Crippen molar-refractivity contribution in [2.75, 3.05) is 19.8 Å². The van der Waals surface area contributed by atoms with Crippen LogP contribution in [0, 0.1) is 17.7 Å². The number of aliphatic hydroxyl groups excluding tert-OH is 2. The fraction of sp³-hybridized carbons (Fsp3) is 0.190. The fourth-order valence-electron chi connectivity index (χ4n) is 2.46. The molecule has 0 aliphatic rings. The number of ether oxygens (including phenoxy) is 1. The van der Waals surface area contributed by atoms with Gasteiger partial charge in [0.15, 0.2) is 0 Å². The Morgan fingerprint density at radius 1 is 1.12 bits per heavy atom. The first-order valence-corrected chi connectivity index (χ1v) is 8.17. The number of halogens is 1. The zero-order valence-electron chi connectivity index (χ0n) is 14.0. The molecular weight excluding hydrogens is 333 g/mol. The maximum absolute atomic E-state index is 13.4. The Bertz CT molecular complexity index is 962. The van der Waals surface area contributed by atoms with Crippen molar-refractivity contribution >= 4 is 10.9 Å². The van der Waals surface area contributed by atoms with E-state index >= 15 is 0 Å². The molecule has 0 aliphatic carbocycles. The van der Waals surface area contributed by atoms with E-state index in [4.69, 9.17) is 14.9 Å². The van der Waals surface area contributed by atoms with Gasteiger partial charge in [0.25, 0.3) is 0 Å². The first-order chi connectivity index (χ1) is 12.7. The van der Waals surface area contributed by atoms with E-state index < -0.39 is 6.10 Å². The molecule has 1 aromatic heterocycles. The van der Waals surface area contributed by atoms with Gasteiger partial charge in [-0.05, 0) is 35.9 Å². The minimum atomic E-state index is -0.881. The second-order valence-electron chi connectivity index (χ2n) is 5.80. The summed E-state index contributed by atoms with van der Waals surface area (Å²) >= 11 is 0. The molecule has 3 rings (SSSR count). The molecule has 0 saturated heterocycles. The molecule has 3 aromatic rings. The third-order valence-electron chi connectivity index (χ3n) is 3.77. The van der Waals surface area contributed by atoms with Crippen molar-refractivity contribution in [3.05, 3.63) is 66.1 Å². The van der Waals surface area contributed by atoms with Gasteiger partial charge in [0.2, 0.25) is 0 Å². The molecule has 1 atom stereocenters. The Labute approximate surface area is 150 Å². The molecule has 2 N–H and O–H groups in total. The highest BCUT2D eigenvalue weighted by molar-refractivity contribution is 5.84. The third-order valence-corrected chi connectivity index (χ3v) is 3.77. The molecule has 0 radical (unpaired) electrons. The molecule has 4 nitrogen and oxygen atoms in total. The zero-order valence-corrected chi connectivity index (χ0v) is 14.0. The zero-order chi connectivity index (χ0) is 18.4. The van der Waals surface area contributed by atoms with Crippen molar-refractivity contribution in [2.24, 2.45) is 0 Å². The number of hydrogen-bond donors (Lipinski definition) is 2. The number of aliphatic hydroxyl groups is 2. The Morgan fingerprint density at radius 2 is 2.00 bits per heavy atom. The van der Waals surface area contributed by atoms with E-state index in [2.05, 4.69) is 16.8 Å². The quantitative estimate of drug-likeness (QED) is 0.548. The smallest absolute Gasteiger partial charge is 0.123 e. The monoisotopic (exact) mass is 351 g/mol. The summed E-state index contributed by atoms with van der Waals surface area (Å²) in [5.41, 5.74) is 3.24. The molecule has 132 valence electrons. The van der Waals surface area contributed by atoms with E-state index in [1.165, 1.54) is 12.1 Å². The van der Waals surface area contributed by atoms with E-state index in [1.807, 2.05) is 30.3 Å². The minimum absolute atomic E-state index is 0.0489. The maximum atomic E-state index is 13.4. The summed E-state index contributed by atoms with van der Waals surface area (Å²) in [7, 11) is 0. The van der Waals surface area contributed by atoms with Crippen LogP contribution in [0.2, 0.25) is 0 Å². The molecule has 0 bridgehead atoms. The van der Waals surface area contributed by atoms with Crippen LogP contribution in [0.4, 0.5) is 4.39 Å². The first kappa shape index (κ1) is 18.0. The molecule has 0 fully saturated rings. The number of hydrogen-bond acceptors (Lipinski definition) is 4. The summed E-state index contributed by atoms with van der Waals surface area (Å²) in [4.78, 5) is 4.44.